The van der Waals surface area contributed by atoms with Crippen molar-refractivity contribution in [2.75, 3.05) is 28.4 Å². The first kappa shape index (κ1) is 58.3. The molecule has 0 aromatic rings. The van der Waals surface area contributed by atoms with Gasteiger partial charge in [0, 0.05) is 28.4 Å². The fraction of sp³-hybridized carbons (Fsp3) is 0.714. The van der Waals surface area contributed by atoms with Crippen molar-refractivity contribution in [1.82, 2.24) is 0 Å². The van der Waals surface area contributed by atoms with Crippen LogP contribution in [0.2, 0.25) is 0 Å². The third kappa shape index (κ3) is 5720. The minimum absolute atomic E-state index is 0. The van der Waals surface area contributed by atoms with Gasteiger partial charge in [0.05, 0.1) is 0 Å². The van der Waals surface area contributed by atoms with E-state index < -0.39 is 0 Å². The van der Waals surface area contributed by atoms with Crippen molar-refractivity contribution < 1.29 is 9.47 Å². The Morgan fingerprint density at radius 1 is 0.500 bits per heavy atom. The summed E-state index contributed by atoms with van der Waals surface area (Å²) in [6.07, 6.45) is 0. The molecule has 2 heteroatoms. The smallest absolute Gasteiger partial charge is 0.0351 e. The quantitative estimate of drug-likeness (QED) is 0.524. The SMILES string of the molecule is C.C.C=C.C=C.CC.CC.COC.COC. The average molecular weight is 240 g/mol. The van der Waals surface area contributed by atoms with Gasteiger partial charge in [-0.05, 0) is 0 Å². The second kappa shape index (κ2) is 1320. The molecule has 0 N–H and O–H groups in total. The van der Waals surface area contributed by atoms with Crippen molar-refractivity contribution >= 4 is 0 Å². The van der Waals surface area contributed by atoms with Crippen LogP contribution in [-0.2, 0) is 9.47 Å². The van der Waals surface area contributed by atoms with E-state index in [-0.39, 0.29) is 14.9 Å². The third-order valence-electron chi connectivity index (χ3n) is 0. The van der Waals surface area contributed by atoms with Crippen LogP contribution in [-0.4, -0.2) is 28.4 Å². The molecule has 0 spiro atoms. The molecule has 0 rings (SSSR count). The zero-order valence-electron chi connectivity index (χ0n) is 11.6. The summed E-state index contributed by atoms with van der Waals surface area (Å²) in [4.78, 5) is 0. The Kier molecular flexibility index (Phi) is 4810. The Morgan fingerprint density at radius 2 is 0.500 bits per heavy atom. The first-order valence-electron chi connectivity index (χ1n) is 4.63. The molecule has 0 saturated carbocycles. The van der Waals surface area contributed by atoms with Gasteiger partial charge in [-0.15, -0.1) is 26.3 Å². The summed E-state index contributed by atoms with van der Waals surface area (Å²) in [5.41, 5.74) is 0. The summed E-state index contributed by atoms with van der Waals surface area (Å²) >= 11 is 0. The van der Waals surface area contributed by atoms with Crippen LogP contribution in [0.15, 0.2) is 26.3 Å². The highest BCUT2D eigenvalue weighted by molar-refractivity contribution is 4.22. The molecule has 0 aromatic heterocycles. The van der Waals surface area contributed by atoms with Crippen molar-refractivity contribution in [1.29, 1.82) is 0 Å². The maximum atomic E-state index is 4.25. The third-order valence-corrected chi connectivity index (χ3v) is 0. The van der Waals surface area contributed by atoms with Crippen molar-refractivity contribution in [3.8, 4) is 0 Å². The van der Waals surface area contributed by atoms with Gasteiger partial charge in [-0.25, -0.2) is 0 Å². The Balaban J connectivity index is -0.00000000791. The molecule has 16 heavy (non-hydrogen) atoms. The van der Waals surface area contributed by atoms with E-state index in [1.807, 2.05) is 27.7 Å². The first-order valence-corrected chi connectivity index (χ1v) is 4.63. The second-order valence-corrected chi connectivity index (χ2v) is 0.816. The molecule has 0 bridgehead atoms. The van der Waals surface area contributed by atoms with Crippen LogP contribution >= 0.6 is 0 Å². The molecule has 0 heterocycles. The summed E-state index contributed by atoms with van der Waals surface area (Å²) in [5.74, 6) is 0. The topological polar surface area (TPSA) is 18.5 Å². The molecular weight excluding hydrogens is 200 g/mol. The van der Waals surface area contributed by atoms with Crippen molar-refractivity contribution in [3.63, 3.8) is 0 Å². The Bertz CT molecular complexity index is 20.7. The van der Waals surface area contributed by atoms with E-state index in [1.165, 1.54) is 0 Å². The van der Waals surface area contributed by atoms with Crippen LogP contribution in [0.1, 0.15) is 42.5 Å². The maximum Gasteiger partial charge on any atom is 0.0351 e. The standard InChI is InChI=1S/2C2H6O.2C2H6.2C2H4.2CH4/c2*1-3-2;4*1-2;;/h2*1-2H3;2*1-2H3;2*1-2H2;2*1H4. The average Bonchev–Trinajstić information content (AvgIpc) is 2.31. The molecule has 0 unspecified atom stereocenters. The molecule has 0 amide bonds. The highest BCUT2D eigenvalue weighted by atomic mass is 16.5. The van der Waals surface area contributed by atoms with Gasteiger partial charge >= 0.3 is 0 Å². The first-order chi connectivity index (χ1) is 6.83. The molecular formula is C14H40O2. The van der Waals surface area contributed by atoms with Crippen LogP contribution in [0.4, 0.5) is 0 Å². The Morgan fingerprint density at radius 3 is 0.500 bits per heavy atom. The minimum atomic E-state index is 0. The van der Waals surface area contributed by atoms with Crippen LogP contribution in [0.25, 0.3) is 0 Å². The van der Waals surface area contributed by atoms with Crippen molar-refractivity contribution in [3.05, 3.63) is 26.3 Å². The molecule has 0 saturated heterocycles. The second-order valence-electron chi connectivity index (χ2n) is 0.816. The van der Waals surface area contributed by atoms with Gasteiger partial charge in [-0.3, -0.25) is 0 Å². The van der Waals surface area contributed by atoms with Gasteiger partial charge in [0.15, 0.2) is 0 Å². The zero-order valence-corrected chi connectivity index (χ0v) is 11.6. The number of ether oxygens (including phenoxy) is 2. The molecule has 0 aliphatic carbocycles. The van der Waals surface area contributed by atoms with Gasteiger partial charge in [-0.2, -0.15) is 0 Å². The molecule has 0 aromatic carbocycles. The van der Waals surface area contributed by atoms with E-state index in [4.69, 9.17) is 0 Å². The number of hydrogen-bond donors (Lipinski definition) is 0. The zero-order chi connectivity index (χ0) is 13.4. The molecule has 108 valence electrons. The molecule has 0 atom stereocenters. The fourth-order valence-corrected chi connectivity index (χ4v) is 0. The van der Waals surface area contributed by atoms with E-state index in [0.29, 0.717) is 0 Å². The lowest BCUT2D eigenvalue weighted by Gasteiger charge is -1.61. The van der Waals surface area contributed by atoms with Crippen LogP contribution in [0.5, 0.6) is 0 Å². The summed E-state index contributed by atoms with van der Waals surface area (Å²) in [6, 6.07) is 0. The number of methoxy groups -OCH3 is 2. The van der Waals surface area contributed by atoms with Crippen molar-refractivity contribution in [2.45, 2.75) is 42.5 Å². The van der Waals surface area contributed by atoms with Gasteiger partial charge < -0.3 is 9.47 Å². The van der Waals surface area contributed by atoms with Gasteiger partial charge in [0.25, 0.3) is 0 Å². The van der Waals surface area contributed by atoms with Gasteiger partial charge in [0.1, 0.15) is 0 Å². The summed E-state index contributed by atoms with van der Waals surface area (Å²) < 4.78 is 8.50. The van der Waals surface area contributed by atoms with E-state index in [9.17, 15) is 0 Å². The summed E-state index contributed by atoms with van der Waals surface area (Å²) in [7, 11) is 6.50. The van der Waals surface area contributed by atoms with E-state index in [1.54, 1.807) is 28.4 Å². The lowest BCUT2D eigenvalue weighted by Crippen LogP contribution is -1.55. The fourth-order valence-electron chi connectivity index (χ4n) is 0. The van der Waals surface area contributed by atoms with Crippen LogP contribution in [0.3, 0.4) is 0 Å². The summed E-state index contributed by atoms with van der Waals surface area (Å²) in [5, 5.41) is 0. The van der Waals surface area contributed by atoms with E-state index >= 15 is 0 Å². The lowest BCUT2D eigenvalue weighted by molar-refractivity contribution is 0.277. The minimum Gasteiger partial charge on any atom is -0.388 e. The Hall–Kier alpha value is -0.600. The van der Waals surface area contributed by atoms with Crippen LogP contribution < -0.4 is 0 Å². The largest absolute Gasteiger partial charge is 0.388 e. The lowest BCUT2D eigenvalue weighted by atomic mass is 11.0. The highest BCUT2D eigenvalue weighted by Gasteiger charge is 1.26. The number of hydrogen-bond acceptors (Lipinski definition) is 2. The monoisotopic (exact) mass is 240 g/mol. The molecule has 0 aliphatic rings. The highest BCUT2D eigenvalue weighted by Crippen LogP contribution is 1.28. The molecule has 2 nitrogen and oxygen atoms in total. The predicted octanol–water partition coefficient (Wildman–Crippen LogP) is 5.45. The number of rotatable bonds is 0. The molecule has 0 fully saturated rings. The van der Waals surface area contributed by atoms with Gasteiger partial charge in [0.2, 0.25) is 0 Å². The van der Waals surface area contributed by atoms with Gasteiger partial charge in [-0.1, -0.05) is 42.5 Å². The van der Waals surface area contributed by atoms with Crippen LogP contribution in [0, 0.1) is 0 Å². The molecule has 0 aliphatic heterocycles. The predicted molar refractivity (Wildman–Crippen MR) is 84.5 cm³/mol. The maximum absolute atomic E-state index is 4.25. The normalized spacial score (nSPS) is 3.50. The van der Waals surface area contributed by atoms with E-state index in [0.717, 1.165) is 0 Å². The molecule has 0 radical (unpaired) electrons. The van der Waals surface area contributed by atoms with Crippen molar-refractivity contribution in [2.24, 2.45) is 0 Å². The summed E-state index contributed by atoms with van der Waals surface area (Å²) in [6.45, 7) is 20.0. The Labute approximate surface area is 107 Å². The van der Waals surface area contributed by atoms with E-state index in [2.05, 4.69) is 35.8 Å².